The van der Waals surface area contributed by atoms with E-state index in [0.717, 1.165) is 13.0 Å². The van der Waals surface area contributed by atoms with Crippen LogP contribution in [-0.2, 0) is 4.74 Å². The van der Waals surface area contributed by atoms with E-state index in [1.54, 1.807) is 7.11 Å². The van der Waals surface area contributed by atoms with Gasteiger partial charge in [-0.25, -0.2) is 0 Å². The Morgan fingerprint density at radius 3 is 2.92 bits per heavy atom. The van der Waals surface area contributed by atoms with Gasteiger partial charge in [0, 0.05) is 19.7 Å². The summed E-state index contributed by atoms with van der Waals surface area (Å²) in [7, 11) is 1.80. The van der Waals surface area contributed by atoms with Crippen LogP contribution in [0.1, 0.15) is 32.6 Å². The lowest BCUT2D eigenvalue weighted by molar-refractivity contribution is 0.0861. The summed E-state index contributed by atoms with van der Waals surface area (Å²) in [6.45, 7) is 7.07. The molecule has 0 bridgehead atoms. The lowest BCUT2D eigenvalue weighted by atomic mass is 10.2. The van der Waals surface area contributed by atoms with E-state index in [1.807, 2.05) is 0 Å². The molecular weight excluding hydrogens is 162 g/mol. The van der Waals surface area contributed by atoms with Gasteiger partial charge >= 0.3 is 0 Å². The summed E-state index contributed by atoms with van der Waals surface area (Å²) in [5.41, 5.74) is 1.28. The second kappa shape index (κ2) is 5.40. The van der Waals surface area contributed by atoms with E-state index in [-0.39, 0.29) is 0 Å². The average Bonchev–Trinajstić information content (AvgIpc) is 2.61. The maximum atomic E-state index is 5.40. The molecule has 2 heteroatoms. The molecule has 0 aromatic heterocycles. The first-order valence-electron chi connectivity index (χ1n) is 5.20. The third-order valence-electron chi connectivity index (χ3n) is 2.87. The molecule has 0 spiro atoms. The Labute approximate surface area is 81.4 Å². The van der Waals surface area contributed by atoms with E-state index >= 15 is 0 Å². The van der Waals surface area contributed by atoms with Gasteiger partial charge in [-0.1, -0.05) is 19.1 Å². The molecule has 0 amide bonds. The lowest BCUT2D eigenvalue weighted by Crippen LogP contribution is -2.37. The van der Waals surface area contributed by atoms with Gasteiger partial charge in [-0.2, -0.15) is 0 Å². The minimum absolute atomic E-state index is 0.421. The summed E-state index contributed by atoms with van der Waals surface area (Å²) in [6, 6.07) is 0.549. The second-order valence-electron chi connectivity index (χ2n) is 3.80. The van der Waals surface area contributed by atoms with Crippen LogP contribution < -0.4 is 5.32 Å². The zero-order valence-corrected chi connectivity index (χ0v) is 8.81. The molecule has 0 radical (unpaired) electrons. The fourth-order valence-corrected chi connectivity index (χ4v) is 1.84. The smallest absolute Gasteiger partial charge is 0.0724 e. The van der Waals surface area contributed by atoms with Crippen molar-refractivity contribution in [1.29, 1.82) is 0 Å². The number of rotatable bonds is 5. The maximum Gasteiger partial charge on any atom is 0.0724 e. The van der Waals surface area contributed by atoms with Crippen LogP contribution in [0.5, 0.6) is 0 Å². The summed E-state index contributed by atoms with van der Waals surface area (Å²) in [4.78, 5) is 0. The molecule has 2 atom stereocenters. The lowest BCUT2D eigenvalue weighted by Gasteiger charge is -2.19. The number of hydrogen-bond donors (Lipinski definition) is 1. The van der Waals surface area contributed by atoms with E-state index < -0.39 is 0 Å². The van der Waals surface area contributed by atoms with Crippen molar-refractivity contribution in [2.45, 2.75) is 44.8 Å². The molecule has 2 unspecified atom stereocenters. The molecule has 0 heterocycles. The Morgan fingerprint density at radius 2 is 2.31 bits per heavy atom. The van der Waals surface area contributed by atoms with Crippen LogP contribution in [0.2, 0.25) is 0 Å². The van der Waals surface area contributed by atoms with Crippen molar-refractivity contribution >= 4 is 0 Å². The highest BCUT2D eigenvalue weighted by Gasteiger charge is 2.26. The molecule has 0 aliphatic heterocycles. The third kappa shape index (κ3) is 3.12. The summed E-state index contributed by atoms with van der Waals surface area (Å²) in [6.07, 6.45) is 5.22. The molecule has 0 aromatic rings. The zero-order chi connectivity index (χ0) is 9.68. The Kier molecular flexibility index (Phi) is 4.46. The SMILES string of the molecule is C=C(CC)CNC1CCCC1OC. The summed E-state index contributed by atoms with van der Waals surface area (Å²) in [5, 5.41) is 3.51. The van der Waals surface area contributed by atoms with Gasteiger partial charge in [0.05, 0.1) is 6.10 Å². The fourth-order valence-electron chi connectivity index (χ4n) is 1.84. The van der Waals surface area contributed by atoms with Crippen LogP contribution in [0, 0.1) is 0 Å². The molecule has 1 N–H and O–H groups in total. The van der Waals surface area contributed by atoms with Crippen LogP contribution >= 0.6 is 0 Å². The first-order chi connectivity index (χ1) is 6.27. The Hall–Kier alpha value is -0.340. The second-order valence-corrected chi connectivity index (χ2v) is 3.80. The number of nitrogens with one attached hydrogen (secondary N) is 1. The number of methoxy groups -OCH3 is 1. The highest BCUT2D eigenvalue weighted by atomic mass is 16.5. The van der Waals surface area contributed by atoms with Gasteiger partial charge < -0.3 is 10.1 Å². The molecule has 1 rings (SSSR count). The summed E-state index contributed by atoms with van der Waals surface area (Å²) >= 11 is 0. The predicted molar refractivity (Wildman–Crippen MR) is 55.9 cm³/mol. The molecule has 0 aromatic carbocycles. The molecule has 2 nitrogen and oxygen atoms in total. The van der Waals surface area contributed by atoms with Gasteiger partial charge in [-0.15, -0.1) is 0 Å². The largest absolute Gasteiger partial charge is 0.380 e. The Balaban J connectivity index is 2.23. The van der Waals surface area contributed by atoms with Crippen molar-refractivity contribution in [3.63, 3.8) is 0 Å². The first-order valence-corrected chi connectivity index (χ1v) is 5.20. The van der Waals surface area contributed by atoms with Crippen LogP contribution in [0.4, 0.5) is 0 Å². The van der Waals surface area contributed by atoms with Crippen LogP contribution in [-0.4, -0.2) is 25.8 Å². The fraction of sp³-hybridized carbons (Fsp3) is 0.818. The van der Waals surface area contributed by atoms with E-state index in [9.17, 15) is 0 Å². The van der Waals surface area contributed by atoms with Crippen LogP contribution in [0.3, 0.4) is 0 Å². The maximum absolute atomic E-state index is 5.40. The van der Waals surface area contributed by atoms with Gasteiger partial charge in [0.1, 0.15) is 0 Å². The summed E-state index contributed by atoms with van der Waals surface area (Å²) < 4.78 is 5.40. The first kappa shape index (κ1) is 10.7. The topological polar surface area (TPSA) is 21.3 Å². The van der Waals surface area contributed by atoms with Crippen molar-refractivity contribution in [3.8, 4) is 0 Å². The minimum atomic E-state index is 0.421. The van der Waals surface area contributed by atoms with E-state index in [2.05, 4.69) is 18.8 Å². The van der Waals surface area contributed by atoms with E-state index in [1.165, 1.54) is 24.8 Å². The van der Waals surface area contributed by atoms with Crippen molar-refractivity contribution in [2.75, 3.05) is 13.7 Å². The molecule has 1 fully saturated rings. The number of hydrogen-bond acceptors (Lipinski definition) is 2. The summed E-state index contributed by atoms with van der Waals surface area (Å²) in [5.74, 6) is 0. The number of ether oxygens (including phenoxy) is 1. The van der Waals surface area contributed by atoms with E-state index in [0.29, 0.717) is 12.1 Å². The molecule has 1 aliphatic carbocycles. The van der Waals surface area contributed by atoms with Crippen molar-refractivity contribution in [3.05, 3.63) is 12.2 Å². The van der Waals surface area contributed by atoms with Crippen molar-refractivity contribution in [2.24, 2.45) is 0 Å². The molecule has 13 heavy (non-hydrogen) atoms. The average molecular weight is 183 g/mol. The predicted octanol–water partition coefficient (Wildman–Crippen LogP) is 2.11. The highest BCUT2D eigenvalue weighted by Crippen LogP contribution is 2.21. The zero-order valence-electron chi connectivity index (χ0n) is 8.81. The van der Waals surface area contributed by atoms with Gasteiger partial charge in [-0.3, -0.25) is 0 Å². The molecule has 1 saturated carbocycles. The van der Waals surface area contributed by atoms with Gasteiger partial charge in [0.25, 0.3) is 0 Å². The highest BCUT2D eigenvalue weighted by molar-refractivity contribution is 4.97. The standard InChI is InChI=1S/C11H21NO/c1-4-9(2)8-12-10-6-5-7-11(10)13-3/h10-12H,2,4-8H2,1,3H3. The normalized spacial score (nSPS) is 27.8. The Bertz CT molecular complexity index is 167. The minimum Gasteiger partial charge on any atom is -0.380 e. The molecule has 76 valence electrons. The van der Waals surface area contributed by atoms with Gasteiger partial charge in [0.15, 0.2) is 0 Å². The van der Waals surface area contributed by atoms with Crippen LogP contribution in [0.25, 0.3) is 0 Å². The monoisotopic (exact) mass is 183 g/mol. The molecular formula is C11H21NO. The third-order valence-corrected chi connectivity index (χ3v) is 2.87. The van der Waals surface area contributed by atoms with Gasteiger partial charge in [-0.05, 0) is 25.7 Å². The quantitative estimate of drug-likeness (QED) is 0.659. The van der Waals surface area contributed by atoms with Crippen molar-refractivity contribution < 1.29 is 4.74 Å². The van der Waals surface area contributed by atoms with E-state index in [4.69, 9.17) is 4.74 Å². The molecule has 0 saturated heterocycles. The van der Waals surface area contributed by atoms with Crippen molar-refractivity contribution in [1.82, 2.24) is 5.32 Å². The van der Waals surface area contributed by atoms with Crippen LogP contribution in [0.15, 0.2) is 12.2 Å². The Morgan fingerprint density at radius 1 is 1.54 bits per heavy atom. The molecule has 1 aliphatic rings. The van der Waals surface area contributed by atoms with Gasteiger partial charge in [0.2, 0.25) is 0 Å².